The minimum absolute atomic E-state index is 1.20. The summed E-state index contributed by atoms with van der Waals surface area (Å²) in [5, 5.41) is 0. The fourth-order valence-electron chi connectivity index (χ4n) is 1.13. The summed E-state index contributed by atoms with van der Waals surface area (Å²) in [5.74, 6) is 0. The van der Waals surface area contributed by atoms with Crippen LogP contribution in [0.25, 0.3) is 6.08 Å². The predicted molar refractivity (Wildman–Crippen MR) is 54.4 cm³/mol. The summed E-state index contributed by atoms with van der Waals surface area (Å²) < 4.78 is 4.22. The van der Waals surface area contributed by atoms with Crippen LogP contribution < -0.4 is 0 Å². The SMILES string of the molecule is CC1=Cc2ccccc2SN=C1. The third-order valence-corrected chi connectivity index (χ3v) is 2.49. The van der Waals surface area contributed by atoms with Crippen LogP contribution in [0.2, 0.25) is 0 Å². The van der Waals surface area contributed by atoms with Crippen LogP contribution in [-0.2, 0) is 0 Å². The molecule has 2 rings (SSSR count). The van der Waals surface area contributed by atoms with Gasteiger partial charge in [-0.25, -0.2) is 4.40 Å². The van der Waals surface area contributed by atoms with Gasteiger partial charge in [-0.1, -0.05) is 18.2 Å². The van der Waals surface area contributed by atoms with Crippen LogP contribution in [0, 0.1) is 0 Å². The smallest absolute Gasteiger partial charge is 0.0385 e. The van der Waals surface area contributed by atoms with Gasteiger partial charge in [-0.3, -0.25) is 0 Å². The molecular formula is C10H9NS. The van der Waals surface area contributed by atoms with Crippen LogP contribution in [0.1, 0.15) is 12.5 Å². The van der Waals surface area contributed by atoms with Gasteiger partial charge < -0.3 is 0 Å². The van der Waals surface area contributed by atoms with Crippen molar-refractivity contribution in [1.29, 1.82) is 0 Å². The summed E-state index contributed by atoms with van der Waals surface area (Å²) in [5.41, 5.74) is 2.46. The van der Waals surface area contributed by atoms with Gasteiger partial charge in [0.05, 0.1) is 0 Å². The maximum atomic E-state index is 4.22. The fraction of sp³-hybridized carbons (Fsp3) is 0.100. The average molecular weight is 175 g/mol. The molecule has 0 bridgehead atoms. The van der Waals surface area contributed by atoms with Gasteiger partial charge in [-0.05, 0) is 30.2 Å². The first-order valence-corrected chi connectivity index (χ1v) is 4.61. The Morgan fingerprint density at radius 3 is 3.00 bits per heavy atom. The van der Waals surface area contributed by atoms with Crippen LogP contribution in [0.3, 0.4) is 0 Å². The molecule has 0 fully saturated rings. The lowest BCUT2D eigenvalue weighted by atomic mass is 10.1. The average Bonchev–Trinajstić information content (AvgIpc) is 2.25. The molecule has 1 heterocycles. The van der Waals surface area contributed by atoms with Crippen LogP contribution in [0.5, 0.6) is 0 Å². The Morgan fingerprint density at radius 1 is 1.25 bits per heavy atom. The maximum absolute atomic E-state index is 4.22. The molecule has 1 aromatic carbocycles. The lowest BCUT2D eigenvalue weighted by Gasteiger charge is -1.98. The highest BCUT2D eigenvalue weighted by Crippen LogP contribution is 2.27. The van der Waals surface area contributed by atoms with Gasteiger partial charge >= 0.3 is 0 Å². The van der Waals surface area contributed by atoms with Gasteiger partial charge in [0.15, 0.2) is 0 Å². The standard InChI is InChI=1S/C10H9NS/c1-8-6-9-4-2-3-5-10(9)12-11-7-8/h2-7H,1H3. The first-order chi connectivity index (χ1) is 5.86. The van der Waals surface area contributed by atoms with Gasteiger partial charge in [-0.2, -0.15) is 0 Å². The van der Waals surface area contributed by atoms with E-state index in [1.54, 1.807) is 0 Å². The van der Waals surface area contributed by atoms with Crippen molar-refractivity contribution in [2.75, 3.05) is 0 Å². The molecule has 0 saturated heterocycles. The Labute approximate surface area is 76.3 Å². The molecule has 2 heteroatoms. The molecular weight excluding hydrogens is 166 g/mol. The van der Waals surface area contributed by atoms with E-state index in [0.29, 0.717) is 0 Å². The van der Waals surface area contributed by atoms with Crippen molar-refractivity contribution in [3.8, 4) is 0 Å². The first-order valence-electron chi connectivity index (χ1n) is 3.84. The molecule has 0 spiro atoms. The number of hydrogen-bond donors (Lipinski definition) is 0. The first kappa shape index (κ1) is 7.62. The lowest BCUT2D eigenvalue weighted by Crippen LogP contribution is -1.76. The molecule has 0 N–H and O–H groups in total. The quantitative estimate of drug-likeness (QED) is 0.552. The third kappa shape index (κ3) is 1.43. The van der Waals surface area contributed by atoms with Crippen LogP contribution in [0.15, 0.2) is 39.1 Å². The number of benzene rings is 1. The normalized spacial score (nSPS) is 14.9. The van der Waals surface area contributed by atoms with Crippen molar-refractivity contribution in [3.63, 3.8) is 0 Å². The fourth-order valence-corrected chi connectivity index (χ4v) is 1.84. The number of nitrogens with zero attached hydrogens (tertiary/aromatic N) is 1. The molecule has 1 aromatic rings. The molecule has 0 aliphatic carbocycles. The zero-order valence-corrected chi connectivity index (χ0v) is 7.64. The molecule has 0 aromatic heterocycles. The van der Waals surface area contributed by atoms with Crippen molar-refractivity contribution in [2.24, 2.45) is 4.40 Å². The van der Waals surface area contributed by atoms with E-state index in [-0.39, 0.29) is 0 Å². The molecule has 0 unspecified atom stereocenters. The highest BCUT2D eigenvalue weighted by Gasteiger charge is 2.01. The molecule has 12 heavy (non-hydrogen) atoms. The molecule has 0 atom stereocenters. The van der Waals surface area contributed by atoms with Crippen molar-refractivity contribution < 1.29 is 0 Å². The second kappa shape index (κ2) is 3.15. The molecule has 0 saturated carbocycles. The summed E-state index contributed by atoms with van der Waals surface area (Å²) in [4.78, 5) is 1.23. The monoisotopic (exact) mass is 175 g/mol. The number of rotatable bonds is 0. The van der Waals surface area contributed by atoms with Crippen molar-refractivity contribution in [1.82, 2.24) is 0 Å². The highest BCUT2D eigenvalue weighted by molar-refractivity contribution is 7.98. The highest BCUT2D eigenvalue weighted by atomic mass is 32.2. The van der Waals surface area contributed by atoms with Gasteiger partial charge in [0.2, 0.25) is 0 Å². The van der Waals surface area contributed by atoms with Crippen molar-refractivity contribution in [3.05, 3.63) is 35.4 Å². The minimum atomic E-state index is 1.20. The van der Waals surface area contributed by atoms with E-state index >= 15 is 0 Å². The summed E-state index contributed by atoms with van der Waals surface area (Å²) in [6.45, 7) is 2.06. The molecule has 1 aliphatic heterocycles. The summed E-state index contributed by atoms with van der Waals surface area (Å²) in [7, 11) is 0. The maximum Gasteiger partial charge on any atom is 0.0385 e. The van der Waals surface area contributed by atoms with Crippen LogP contribution in [0.4, 0.5) is 0 Å². The summed E-state index contributed by atoms with van der Waals surface area (Å²) in [6, 6.07) is 8.29. The van der Waals surface area contributed by atoms with E-state index in [0.717, 1.165) is 0 Å². The number of hydrogen-bond acceptors (Lipinski definition) is 2. The van der Waals surface area contributed by atoms with Crippen LogP contribution >= 0.6 is 11.9 Å². The van der Waals surface area contributed by atoms with E-state index in [1.807, 2.05) is 12.3 Å². The molecule has 0 amide bonds. The van der Waals surface area contributed by atoms with Gasteiger partial charge in [0, 0.05) is 23.1 Å². The van der Waals surface area contributed by atoms with E-state index in [2.05, 4.69) is 35.6 Å². The zero-order valence-electron chi connectivity index (χ0n) is 6.82. The topological polar surface area (TPSA) is 12.4 Å². The summed E-state index contributed by atoms with van der Waals surface area (Å²) in [6.07, 6.45) is 4.05. The summed E-state index contributed by atoms with van der Waals surface area (Å²) >= 11 is 1.53. The largest absolute Gasteiger partial charge is 0.219 e. The van der Waals surface area contributed by atoms with Crippen LogP contribution in [-0.4, -0.2) is 6.21 Å². The van der Waals surface area contributed by atoms with E-state index in [4.69, 9.17) is 0 Å². The molecule has 1 aliphatic rings. The minimum Gasteiger partial charge on any atom is -0.219 e. The van der Waals surface area contributed by atoms with E-state index in [1.165, 1.54) is 28.0 Å². The second-order valence-electron chi connectivity index (χ2n) is 2.75. The second-order valence-corrected chi connectivity index (χ2v) is 3.59. The molecule has 1 nitrogen and oxygen atoms in total. The van der Waals surface area contributed by atoms with Crippen molar-refractivity contribution >= 4 is 24.2 Å². The van der Waals surface area contributed by atoms with Gasteiger partial charge in [0.1, 0.15) is 0 Å². The van der Waals surface area contributed by atoms with E-state index < -0.39 is 0 Å². The number of allylic oxidation sites excluding steroid dienone is 1. The van der Waals surface area contributed by atoms with Gasteiger partial charge in [-0.15, -0.1) is 0 Å². The Hall–Kier alpha value is -1.02. The Bertz CT molecular complexity index is 353. The van der Waals surface area contributed by atoms with E-state index in [9.17, 15) is 0 Å². The van der Waals surface area contributed by atoms with Crippen molar-refractivity contribution in [2.45, 2.75) is 11.8 Å². The predicted octanol–water partition coefficient (Wildman–Crippen LogP) is 3.18. The third-order valence-electron chi connectivity index (χ3n) is 1.71. The Balaban J connectivity index is 2.54. The molecule has 0 radical (unpaired) electrons. The zero-order chi connectivity index (χ0) is 8.39. The number of fused-ring (bicyclic) bond motifs is 1. The van der Waals surface area contributed by atoms with Gasteiger partial charge in [0.25, 0.3) is 0 Å². The lowest BCUT2D eigenvalue weighted by molar-refractivity contribution is 1.42. The molecule has 60 valence electrons. The Kier molecular flexibility index (Phi) is 2.00. The Morgan fingerprint density at radius 2 is 2.08 bits per heavy atom.